The third kappa shape index (κ3) is 5.20. The van der Waals surface area contributed by atoms with Crippen molar-refractivity contribution in [3.8, 4) is 11.8 Å². The van der Waals surface area contributed by atoms with E-state index < -0.39 is 0 Å². The summed E-state index contributed by atoms with van der Waals surface area (Å²) in [6.45, 7) is 7.17. The molecule has 20 heavy (non-hydrogen) atoms. The van der Waals surface area contributed by atoms with Crippen molar-refractivity contribution < 1.29 is 4.74 Å². The topological polar surface area (TPSA) is 48.3 Å². The minimum absolute atomic E-state index is 0.586. The monoisotopic (exact) mass is 275 g/mol. The third-order valence-electron chi connectivity index (χ3n) is 3.47. The van der Waals surface area contributed by atoms with E-state index in [1.54, 1.807) is 13.2 Å². The van der Waals surface area contributed by atoms with Crippen LogP contribution in [0.5, 0.6) is 5.75 Å². The maximum atomic E-state index is 8.93. The molecule has 0 atom stereocenters. The summed E-state index contributed by atoms with van der Waals surface area (Å²) >= 11 is 0. The summed E-state index contributed by atoms with van der Waals surface area (Å²) in [4.78, 5) is 2.33. The van der Waals surface area contributed by atoms with Crippen LogP contribution in [0.15, 0.2) is 18.2 Å². The van der Waals surface area contributed by atoms with Gasteiger partial charge < -0.3 is 15.0 Å². The molecular formula is C16H25N3O. The normalized spacial score (nSPS) is 10.8. The van der Waals surface area contributed by atoms with E-state index in [0.29, 0.717) is 11.6 Å². The van der Waals surface area contributed by atoms with Crippen LogP contribution in [0.4, 0.5) is 0 Å². The van der Waals surface area contributed by atoms with Gasteiger partial charge in [-0.3, -0.25) is 0 Å². The molecule has 1 N–H and O–H groups in total. The average molecular weight is 275 g/mol. The van der Waals surface area contributed by atoms with Crippen LogP contribution in [0.2, 0.25) is 0 Å². The fourth-order valence-corrected chi connectivity index (χ4v) is 1.92. The van der Waals surface area contributed by atoms with Gasteiger partial charge in [0.25, 0.3) is 0 Å². The molecule has 0 unspecified atom stereocenters. The van der Waals surface area contributed by atoms with Gasteiger partial charge in [-0.1, -0.05) is 0 Å². The van der Waals surface area contributed by atoms with Crippen LogP contribution in [-0.4, -0.2) is 38.2 Å². The first-order valence-electron chi connectivity index (χ1n) is 7.06. The molecule has 0 amide bonds. The number of nitriles is 1. The lowest BCUT2D eigenvalue weighted by molar-refractivity contribution is 0.269. The summed E-state index contributed by atoms with van der Waals surface area (Å²) < 4.78 is 5.31. The zero-order valence-corrected chi connectivity index (χ0v) is 12.9. The minimum Gasteiger partial charge on any atom is -0.496 e. The van der Waals surface area contributed by atoms with Gasteiger partial charge in [-0.25, -0.2) is 0 Å². The van der Waals surface area contributed by atoms with E-state index in [4.69, 9.17) is 10.00 Å². The van der Waals surface area contributed by atoms with E-state index in [0.717, 1.165) is 37.4 Å². The van der Waals surface area contributed by atoms with Gasteiger partial charge in [-0.05, 0) is 58.6 Å². The van der Waals surface area contributed by atoms with Crippen LogP contribution < -0.4 is 10.1 Å². The van der Waals surface area contributed by atoms with Gasteiger partial charge in [0.1, 0.15) is 5.75 Å². The Hall–Kier alpha value is -1.57. The van der Waals surface area contributed by atoms with Gasteiger partial charge in [0.05, 0.1) is 18.7 Å². The summed E-state index contributed by atoms with van der Waals surface area (Å²) in [5.74, 6) is 0.829. The number of methoxy groups -OCH3 is 1. The fraction of sp³-hybridized carbons (Fsp3) is 0.562. The van der Waals surface area contributed by atoms with Gasteiger partial charge in [-0.15, -0.1) is 0 Å². The van der Waals surface area contributed by atoms with Crippen molar-refractivity contribution >= 4 is 0 Å². The van der Waals surface area contributed by atoms with E-state index in [9.17, 15) is 0 Å². The van der Waals surface area contributed by atoms with Gasteiger partial charge in [-0.2, -0.15) is 5.26 Å². The standard InChI is InChI=1S/C16H25N3O/c1-13(2)19(3)9-5-8-18-12-15-10-14(11-17)6-7-16(15)20-4/h6-7,10,13,18H,5,8-9,12H2,1-4H3. The molecule has 4 nitrogen and oxygen atoms in total. The fourth-order valence-electron chi connectivity index (χ4n) is 1.92. The summed E-state index contributed by atoms with van der Waals surface area (Å²) in [5, 5.41) is 12.3. The number of hydrogen-bond donors (Lipinski definition) is 1. The zero-order chi connectivity index (χ0) is 15.0. The van der Waals surface area contributed by atoms with Gasteiger partial charge >= 0.3 is 0 Å². The molecule has 0 radical (unpaired) electrons. The number of ether oxygens (including phenoxy) is 1. The lowest BCUT2D eigenvalue weighted by Gasteiger charge is -2.20. The molecule has 0 saturated carbocycles. The van der Waals surface area contributed by atoms with E-state index >= 15 is 0 Å². The average Bonchev–Trinajstić information content (AvgIpc) is 2.46. The van der Waals surface area contributed by atoms with Gasteiger partial charge in [0, 0.05) is 18.2 Å². The Bertz CT molecular complexity index is 452. The van der Waals surface area contributed by atoms with Gasteiger partial charge in [0.15, 0.2) is 0 Å². The Morgan fingerprint density at radius 2 is 2.15 bits per heavy atom. The van der Waals surface area contributed by atoms with E-state index in [1.807, 2.05) is 12.1 Å². The second-order valence-electron chi connectivity index (χ2n) is 5.24. The van der Waals surface area contributed by atoms with Crippen LogP contribution in [0.1, 0.15) is 31.4 Å². The maximum absolute atomic E-state index is 8.93. The smallest absolute Gasteiger partial charge is 0.123 e. The summed E-state index contributed by atoms with van der Waals surface area (Å²) in [6, 6.07) is 8.25. The van der Waals surface area contributed by atoms with E-state index in [-0.39, 0.29) is 0 Å². The molecule has 1 rings (SSSR count). The molecule has 0 fully saturated rings. The zero-order valence-electron chi connectivity index (χ0n) is 12.9. The predicted molar refractivity (Wildman–Crippen MR) is 81.8 cm³/mol. The predicted octanol–water partition coefficient (Wildman–Crippen LogP) is 2.39. The van der Waals surface area contributed by atoms with Crippen molar-refractivity contribution in [1.82, 2.24) is 10.2 Å². The summed E-state index contributed by atoms with van der Waals surface area (Å²) in [5.41, 5.74) is 1.70. The van der Waals surface area contributed by atoms with Crippen LogP contribution in [-0.2, 0) is 6.54 Å². The highest BCUT2D eigenvalue weighted by Crippen LogP contribution is 2.19. The van der Waals surface area contributed by atoms with Crippen molar-refractivity contribution in [2.24, 2.45) is 0 Å². The Morgan fingerprint density at radius 1 is 1.40 bits per heavy atom. The molecular weight excluding hydrogens is 250 g/mol. The Morgan fingerprint density at radius 3 is 2.75 bits per heavy atom. The summed E-state index contributed by atoms with van der Waals surface area (Å²) in [7, 11) is 3.80. The summed E-state index contributed by atoms with van der Waals surface area (Å²) in [6.07, 6.45) is 1.11. The second kappa shape index (κ2) is 8.57. The molecule has 0 saturated heterocycles. The van der Waals surface area contributed by atoms with Crippen molar-refractivity contribution in [1.29, 1.82) is 5.26 Å². The molecule has 4 heteroatoms. The van der Waals surface area contributed by atoms with Crippen molar-refractivity contribution in [3.63, 3.8) is 0 Å². The molecule has 0 spiro atoms. The van der Waals surface area contributed by atoms with Crippen LogP contribution in [0.3, 0.4) is 0 Å². The highest BCUT2D eigenvalue weighted by molar-refractivity contribution is 5.41. The first kappa shape index (κ1) is 16.5. The molecule has 1 aromatic rings. The lowest BCUT2D eigenvalue weighted by Crippen LogP contribution is -2.29. The van der Waals surface area contributed by atoms with E-state index in [2.05, 4.69) is 37.2 Å². The highest BCUT2D eigenvalue weighted by Gasteiger charge is 2.05. The minimum atomic E-state index is 0.586. The van der Waals surface area contributed by atoms with Crippen LogP contribution in [0, 0.1) is 11.3 Å². The number of hydrogen-bond acceptors (Lipinski definition) is 4. The molecule has 0 aromatic heterocycles. The number of nitrogens with zero attached hydrogens (tertiary/aromatic N) is 2. The van der Waals surface area contributed by atoms with Crippen LogP contribution >= 0.6 is 0 Å². The maximum Gasteiger partial charge on any atom is 0.123 e. The Kier molecular flexibility index (Phi) is 7.06. The SMILES string of the molecule is COc1ccc(C#N)cc1CNCCCN(C)C(C)C. The molecule has 0 bridgehead atoms. The molecule has 0 heterocycles. The van der Waals surface area contributed by atoms with E-state index in [1.165, 1.54) is 0 Å². The van der Waals surface area contributed by atoms with Crippen molar-refractivity contribution in [2.75, 3.05) is 27.2 Å². The van der Waals surface area contributed by atoms with Gasteiger partial charge in [0.2, 0.25) is 0 Å². The van der Waals surface area contributed by atoms with Crippen molar-refractivity contribution in [3.05, 3.63) is 29.3 Å². The number of nitrogens with one attached hydrogen (secondary N) is 1. The first-order valence-corrected chi connectivity index (χ1v) is 7.06. The molecule has 0 aliphatic heterocycles. The highest BCUT2D eigenvalue weighted by atomic mass is 16.5. The Labute approximate surface area is 122 Å². The first-order chi connectivity index (χ1) is 9.58. The molecule has 0 aliphatic carbocycles. The number of benzene rings is 1. The number of rotatable bonds is 8. The second-order valence-corrected chi connectivity index (χ2v) is 5.24. The molecule has 110 valence electrons. The lowest BCUT2D eigenvalue weighted by atomic mass is 10.1. The third-order valence-corrected chi connectivity index (χ3v) is 3.47. The molecule has 0 aliphatic rings. The quantitative estimate of drug-likeness (QED) is 0.740. The van der Waals surface area contributed by atoms with Crippen molar-refractivity contribution in [2.45, 2.75) is 32.9 Å². The molecule has 1 aromatic carbocycles. The Balaban J connectivity index is 2.40. The largest absolute Gasteiger partial charge is 0.496 e. The van der Waals surface area contributed by atoms with Crippen LogP contribution in [0.25, 0.3) is 0 Å².